The van der Waals surface area contributed by atoms with E-state index in [9.17, 15) is 0 Å². The van der Waals surface area contributed by atoms with Crippen molar-refractivity contribution in [1.82, 2.24) is 10.2 Å². The van der Waals surface area contributed by atoms with E-state index in [1.807, 2.05) is 24.3 Å². The summed E-state index contributed by atoms with van der Waals surface area (Å²) in [4.78, 5) is 2.50. The number of hydrogen-bond acceptors (Lipinski definition) is 3. The van der Waals surface area contributed by atoms with E-state index in [4.69, 9.17) is 16.3 Å². The zero-order chi connectivity index (χ0) is 14.2. The molecule has 0 aliphatic carbocycles. The van der Waals surface area contributed by atoms with Gasteiger partial charge in [0.15, 0.2) is 0 Å². The molecule has 0 spiro atoms. The van der Waals surface area contributed by atoms with Crippen LogP contribution in [0.3, 0.4) is 0 Å². The molecule has 20 heavy (non-hydrogen) atoms. The van der Waals surface area contributed by atoms with Crippen molar-refractivity contribution in [1.29, 1.82) is 0 Å². The molecular weight excluding hydrogens is 272 g/mol. The number of nitrogens with zero attached hydrogens (tertiary/aromatic N) is 1. The molecule has 1 unspecified atom stereocenters. The molecule has 0 saturated carbocycles. The fourth-order valence-electron chi connectivity index (χ4n) is 2.66. The van der Waals surface area contributed by atoms with Crippen molar-refractivity contribution >= 4 is 11.6 Å². The first-order valence-corrected chi connectivity index (χ1v) is 8.00. The Morgan fingerprint density at radius 2 is 2.10 bits per heavy atom. The summed E-state index contributed by atoms with van der Waals surface area (Å²) in [5, 5.41) is 4.31. The first-order valence-electron chi connectivity index (χ1n) is 7.62. The van der Waals surface area contributed by atoms with E-state index in [0.29, 0.717) is 6.04 Å². The molecule has 4 heteroatoms. The number of benzene rings is 1. The van der Waals surface area contributed by atoms with Gasteiger partial charge in [-0.2, -0.15) is 0 Å². The molecule has 0 aromatic heterocycles. The van der Waals surface area contributed by atoms with Crippen molar-refractivity contribution < 1.29 is 4.74 Å². The van der Waals surface area contributed by atoms with Gasteiger partial charge in [-0.3, -0.25) is 4.90 Å². The van der Waals surface area contributed by atoms with E-state index in [2.05, 4.69) is 17.1 Å². The van der Waals surface area contributed by atoms with Gasteiger partial charge in [0.25, 0.3) is 0 Å². The zero-order valence-electron chi connectivity index (χ0n) is 12.3. The molecule has 1 aromatic rings. The maximum atomic E-state index is 5.86. The lowest BCUT2D eigenvalue weighted by atomic mass is 10.2. The minimum absolute atomic E-state index is 0.664. The summed E-state index contributed by atoms with van der Waals surface area (Å²) in [6.07, 6.45) is 3.80. The van der Waals surface area contributed by atoms with Gasteiger partial charge >= 0.3 is 0 Å². The maximum absolute atomic E-state index is 5.86. The van der Waals surface area contributed by atoms with Crippen LogP contribution in [0.25, 0.3) is 0 Å². The van der Waals surface area contributed by atoms with E-state index in [-0.39, 0.29) is 0 Å². The highest BCUT2D eigenvalue weighted by molar-refractivity contribution is 6.30. The SMILES string of the molecule is CCCN(CCOc1ccc(Cl)cc1)CC1CCCN1. The van der Waals surface area contributed by atoms with Crippen molar-refractivity contribution in [3.63, 3.8) is 0 Å². The molecule has 1 aromatic carbocycles. The van der Waals surface area contributed by atoms with Crippen LogP contribution in [0.2, 0.25) is 5.02 Å². The minimum atomic E-state index is 0.664. The molecule has 1 aliphatic rings. The third kappa shape index (κ3) is 5.31. The highest BCUT2D eigenvalue weighted by Crippen LogP contribution is 2.15. The first kappa shape index (κ1) is 15.6. The molecule has 1 fully saturated rings. The van der Waals surface area contributed by atoms with Gasteiger partial charge in [-0.05, 0) is 56.6 Å². The summed E-state index contributed by atoms with van der Waals surface area (Å²) in [5.41, 5.74) is 0. The van der Waals surface area contributed by atoms with Gasteiger partial charge in [-0.25, -0.2) is 0 Å². The smallest absolute Gasteiger partial charge is 0.119 e. The first-order chi connectivity index (χ1) is 9.78. The van der Waals surface area contributed by atoms with Crippen molar-refractivity contribution in [3.8, 4) is 5.75 Å². The number of halogens is 1. The summed E-state index contributed by atoms with van der Waals surface area (Å²) < 4.78 is 5.78. The van der Waals surface area contributed by atoms with E-state index >= 15 is 0 Å². The van der Waals surface area contributed by atoms with Gasteiger partial charge in [0.1, 0.15) is 12.4 Å². The molecule has 1 saturated heterocycles. The second-order valence-corrected chi connectivity index (χ2v) is 5.83. The second-order valence-electron chi connectivity index (χ2n) is 5.40. The quantitative estimate of drug-likeness (QED) is 0.797. The predicted molar refractivity (Wildman–Crippen MR) is 84.7 cm³/mol. The molecule has 1 aliphatic heterocycles. The average molecular weight is 297 g/mol. The lowest BCUT2D eigenvalue weighted by Crippen LogP contribution is -2.39. The van der Waals surface area contributed by atoms with E-state index < -0.39 is 0 Å². The lowest BCUT2D eigenvalue weighted by Gasteiger charge is -2.25. The molecule has 0 bridgehead atoms. The highest BCUT2D eigenvalue weighted by atomic mass is 35.5. The van der Waals surface area contributed by atoms with Gasteiger partial charge < -0.3 is 10.1 Å². The van der Waals surface area contributed by atoms with E-state index in [0.717, 1.165) is 37.0 Å². The molecule has 0 radical (unpaired) electrons. The Morgan fingerprint density at radius 3 is 2.75 bits per heavy atom. The second kappa shape index (κ2) is 8.50. The van der Waals surface area contributed by atoms with Crippen LogP contribution in [-0.2, 0) is 0 Å². The third-order valence-electron chi connectivity index (χ3n) is 3.67. The van der Waals surface area contributed by atoms with Crippen molar-refractivity contribution in [2.75, 3.05) is 32.8 Å². The van der Waals surface area contributed by atoms with Gasteiger partial charge in [-0.15, -0.1) is 0 Å². The summed E-state index contributed by atoms with van der Waals surface area (Å²) in [7, 11) is 0. The molecule has 3 nitrogen and oxygen atoms in total. The monoisotopic (exact) mass is 296 g/mol. The molecule has 1 heterocycles. The fourth-order valence-corrected chi connectivity index (χ4v) is 2.78. The number of nitrogens with one attached hydrogen (secondary N) is 1. The van der Waals surface area contributed by atoms with Gasteiger partial charge in [-0.1, -0.05) is 18.5 Å². The number of rotatable bonds is 8. The van der Waals surface area contributed by atoms with Crippen LogP contribution in [0.5, 0.6) is 5.75 Å². The van der Waals surface area contributed by atoms with Crippen LogP contribution >= 0.6 is 11.6 Å². The molecular formula is C16H25ClN2O. The Kier molecular flexibility index (Phi) is 6.64. The maximum Gasteiger partial charge on any atom is 0.119 e. The Hall–Kier alpha value is -0.770. The van der Waals surface area contributed by atoms with Crippen LogP contribution in [0.4, 0.5) is 0 Å². The number of ether oxygens (including phenoxy) is 1. The van der Waals surface area contributed by atoms with Crippen LogP contribution in [0, 0.1) is 0 Å². The summed E-state index contributed by atoms with van der Waals surface area (Å²) >= 11 is 5.86. The van der Waals surface area contributed by atoms with Crippen molar-refractivity contribution in [3.05, 3.63) is 29.3 Å². The minimum Gasteiger partial charge on any atom is -0.492 e. The van der Waals surface area contributed by atoms with Crippen molar-refractivity contribution in [2.24, 2.45) is 0 Å². The average Bonchev–Trinajstić information content (AvgIpc) is 2.94. The molecule has 0 amide bonds. The van der Waals surface area contributed by atoms with E-state index in [1.165, 1.54) is 25.8 Å². The van der Waals surface area contributed by atoms with Crippen LogP contribution in [0.15, 0.2) is 24.3 Å². The van der Waals surface area contributed by atoms with Crippen LogP contribution < -0.4 is 10.1 Å². The highest BCUT2D eigenvalue weighted by Gasteiger charge is 2.17. The standard InChI is InChI=1S/C16H25ClN2O/c1-2-10-19(13-15-4-3-9-18-15)11-12-20-16-7-5-14(17)6-8-16/h5-8,15,18H,2-4,9-13H2,1H3. The van der Waals surface area contributed by atoms with Gasteiger partial charge in [0.2, 0.25) is 0 Å². The fraction of sp³-hybridized carbons (Fsp3) is 0.625. The van der Waals surface area contributed by atoms with Crippen LogP contribution in [-0.4, -0.2) is 43.7 Å². The third-order valence-corrected chi connectivity index (χ3v) is 3.92. The topological polar surface area (TPSA) is 24.5 Å². The van der Waals surface area contributed by atoms with Gasteiger partial charge in [0.05, 0.1) is 0 Å². The molecule has 112 valence electrons. The number of hydrogen-bond donors (Lipinski definition) is 1. The summed E-state index contributed by atoms with van der Waals surface area (Å²) in [6.45, 7) is 7.39. The largest absolute Gasteiger partial charge is 0.492 e. The predicted octanol–water partition coefficient (Wildman–Crippen LogP) is 3.18. The van der Waals surface area contributed by atoms with Crippen LogP contribution in [0.1, 0.15) is 26.2 Å². The normalized spacial score (nSPS) is 18.6. The molecule has 2 rings (SSSR count). The Balaban J connectivity index is 1.72. The zero-order valence-corrected chi connectivity index (χ0v) is 13.0. The molecule has 1 N–H and O–H groups in total. The Morgan fingerprint density at radius 1 is 1.30 bits per heavy atom. The Bertz CT molecular complexity index is 377. The van der Waals surface area contributed by atoms with E-state index in [1.54, 1.807) is 0 Å². The summed E-state index contributed by atoms with van der Waals surface area (Å²) in [6, 6.07) is 8.24. The lowest BCUT2D eigenvalue weighted by molar-refractivity contribution is 0.196. The molecule has 1 atom stereocenters. The Labute approximate surface area is 127 Å². The van der Waals surface area contributed by atoms with Gasteiger partial charge in [0, 0.05) is 24.2 Å². The van der Waals surface area contributed by atoms with Crippen molar-refractivity contribution in [2.45, 2.75) is 32.2 Å². The summed E-state index contributed by atoms with van der Waals surface area (Å²) in [5.74, 6) is 0.893.